The zero-order chi connectivity index (χ0) is 35.4. The average Bonchev–Trinajstić information content (AvgIpc) is 3.30. The van der Waals surface area contributed by atoms with Crippen molar-refractivity contribution in [2.24, 2.45) is 11.8 Å². The number of carbonyl (C=O) groups excluding carboxylic acids is 3. The van der Waals surface area contributed by atoms with Gasteiger partial charge >= 0.3 is 11.4 Å². The molecule has 272 valence electrons. The van der Waals surface area contributed by atoms with E-state index in [1.165, 1.54) is 0 Å². The van der Waals surface area contributed by atoms with E-state index in [4.69, 9.17) is 23.7 Å². The Bertz CT molecular complexity index is 1090. The highest BCUT2D eigenvalue weighted by Gasteiger charge is 2.55. The van der Waals surface area contributed by atoms with Gasteiger partial charge in [-0.05, 0) is 80.7 Å². The number of nitrogens with one attached hydrogen (secondary N) is 2. The van der Waals surface area contributed by atoms with Crippen LogP contribution in [0.25, 0.3) is 0 Å². The minimum atomic E-state index is -1.20. The Balaban J connectivity index is 1.99. The van der Waals surface area contributed by atoms with Crippen molar-refractivity contribution in [2.45, 2.75) is 127 Å². The maximum Gasteiger partial charge on any atom is 0.408 e. The third kappa shape index (κ3) is 9.37. The molecule has 4 unspecified atom stereocenters. The lowest BCUT2D eigenvalue weighted by atomic mass is 9.82. The van der Waals surface area contributed by atoms with Crippen molar-refractivity contribution in [3.63, 3.8) is 0 Å². The number of hydrogen-bond acceptors (Lipinski definition) is 14. The molecule has 15 heteroatoms. The van der Waals surface area contributed by atoms with Gasteiger partial charge in [0.1, 0.15) is 12.2 Å². The number of ether oxygens (including phenoxy) is 5. The number of alkyl carbamates (subject to hydrolysis) is 1. The normalized spacial score (nSPS) is 41.8. The lowest BCUT2D eigenvalue weighted by molar-refractivity contribution is -0.306. The van der Waals surface area contributed by atoms with Crippen molar-refractivity contribution >= 4 is 28.3 Å². The molecule has 0 saturated carbocycles. The number of cyclic esters (lactones) is 1. The summed E-state index contributed by atoms with van der Waals surface area (Å²) in [4.78, 5) is 43.2. The molecule has 0 aromatic rings. The third-order valence-electron chi connectivity index (χ3n) is 9.95. The second kappa shape index (κ2) is 16.4. The predicted octanol–water partition coefficient (Wildman–Crippen LogP) is 1.80. The summed E-state index contributed by atoms with van der Waals surface area (Å²) in [5.41, 5.74) is -2.26. The van der Waals surface area contributed by atoms with Crippen LogP contribution in [-0.4, -0.2) is 151 Å². The first-order chi connectivity index (χ1) is 21.9. The Kier molecular flexibility index (Phi) is 13.9. The Hall–Kier alpha value is -1.56. The van der Waals surface area contributed by atoms with Gasteiger partial charge in [0.25, 0.3) is 0 Å². The van der Waals surface area contributed by atoms with Crippen LogP contribution in [0.4, 0.5) is 9.59 Å². The van der Waals surface area contributed by atoms with Gasteiger partial charge in [0.2, 0.25) is 5.12 Å². The number of hydrogen-bond donors (Lipinski definition) is 4. The molecule has 3 heterocycles. The number of aliphatic hydroxyl groups excluding tert-OH is 2. The summed E-state index contributed by atoms with van der Waals surface area (Å²) in [7, 11) is 8.93. The van der Waals surface area contributed by atoms with Gasteiger partial charge in [0.05, 0.1) is 35.9 Å². The van der Waals surface area contributed by atoms with Gasteiger partial charge in [-0.25, -0.2) is 9.59 Å². The standard InChI is InChI=1S/C32H58N4O10S/c1-12-23-32(6)25(34-29(40)46-32)19(4)33-15-17(2)14-31(5,42-11)26(18(3)27(39)47-30(41)44-23)45-28-24(38)20(36(9)10)13-22(43-28)21(37)16-35(7)8/h17-26,28,33,37-38H,12-16H2,1-11H3,(H,34,40)/t17-,18-,19-,20?,21?,22?,23-,24?,25-,26-,28+,31-,32-/m1/s1. The summed E-state index contributed by atoms with van der Waals surface area (Å²) in [6.07, 6.45) is -5.06. The molecule has 0 bridgehead atoms. The molecular formula is C32H58N4O10S. The number of aliphatic hydroxyl groups is 2. The topological polar surface area (TPSA) is 168 Å². The number of nitrogens with zero attached hydrogens (tertiary/aromatic N) is 2. The molecule has 0 spiro atoms. The van der Waals surface area contributed by atoms with Gasteiger partial charge < -0.3 is 54.3 Å². The molecule has 0 aromatic carbocycles. The van der Waals surface area contributed by atoms with Gasteiger partial charge in [-0.15, -0.1) is 0 Å². The first-order valence-corrected chi connectivity index (χ1v) is 17.4. The van der Waals surface area contributed by atoms with Gasteiger partial charge in [0, 0.05) is 37.5 Å². The summed E-state index contributed by atoms with van der Waals surface area (Å²) in [5.74, 6) is -0.934. The van der Waals surface area contributed by atoms with Crippen molar-refractivity contribution in [1.82, 2.24) is 20.4 Å². The molecule has 3 aliphatic heterocycles. The number of likely N-dealkylation sites (N-methyl/N-ethyl adjacent to an activating group) is 2. The first kappa shape index (κ1) is 39.9. The SMILES string of the molecule is CC[C@H]1OC(=O)SC(=O)[C@H](C)[C@@H](O[C@@H]2OC(C(O)CN(C)C)CC(N(C)C)C2O)[C@](C)(OC)C[C@@H](C)CN[C@H](C)[C@H]2NC(=O)O[C@@]21C. The second-order valence-corrected chi connectivity index (χ2v) is 15.3. The van der Waals surface area contributed by atoms with E-state index in [2.05, 4.69) is 10.6 Å². The van der Waals surface area contributed by atoms with E-state index < -0.39 is 82.5 Å². The van der Waals surface area contributed by atoms with E-state index >= 15 is 0 Å². The van der Waals surface area contributed by atoms with Gasteiger partial charge in [-0.3, -0.25) is 4.79 Å². The van der Waals surface area contributed by atoms with Gasteiger partial charge in [0.15, 0.2) is 11.9 Å². The van der Waals surface area contributed by atoms with E-state index in [9.17, 15) is 24.6 Å². The highest BCUT2D eigenvalue weighted by Crippen LogP contribution is 2.38. The minimum Gasteiger partial charge on any atom is -0.450 e. The highest BCUT2D eigenvalue weighted by molar-refractivity contribution is 8.25. The molecular weight excluding hydrogens is 632 g/mol. The predicted molar refractivity (Wildman–Crippen MR) is 177 cm³/mol. The number of fused-ring (bicyclic) bond motifs is 1. The molecule has 0 radical (unpaired) electrons. The molecule has 3 fully saturated rings. The van der Waals surface area contributed by atoms with E-state index in [0.717, 1.165) is 0 Å². The van der Waals surface area contributed by atoms with Crippen molar-refractivity contribution in [2.75, 3.05) is 48.4 Å². The van der Waals surface area contributed by atoms with Crippen LogP contribution in [0.3, 0.4) is 0 Å². The van der Waals surface area contributed by atoms with Crippen LogP contribution in [0.5, 0.6) is 0 Å². The summed E-state index contributed by atoms with van der Waals surface area (Å²) >= 11 is 0.420. The summed E-state index contributed by atoms with van der Waals surface area (Å²) < 4.78 is 30.5. The Morgan fingerprint density at radius 1 is 1.13 bits per heavy atom. The maximum absolute atomic E-state index is 13.8. The second-order valence-electron chi connectivity index (χ2n) is 14.4. The average molecular weight is 691 g/mol. The molecule has 13 atom stereocenters. The monoisotopic (exact) mass is 690 g/mol. The Morgan fingerprint density at radius 3 is 2.36 bits per heavy atom. The van der Waals surface area contributed by atoms with Crippen LogP contribution in [0.2, 0.25) is 0 Å². The number of amides is 1. The largest absolute Gasteiger partial charge is 0.450 e. The van der Waals surface area contributed by atoms with E-state index in [-0.39, 0.29) is 12.0 Å². The molecule has 14 nitrogen and oxygen atoms in total. The summed E-state index contributed by atoms with van der Waals surface area (Å²) in [6, 6.07) is -1.18. The van der Waals surface area contributed by atoms with Crippen molar-refractivity contribution in [1.29, 1.82) is 0 Å². The minimum absolute atomic E-state index is 0.0147. The smallest absolute Gasteiger partial charge is 0.408 e. The number of carbonyl (C=O) groups is 3. The van der Waals surface area contributed by atoms with Crippen molar-refractivity contribution in [3.8, 4) is 0 Å². The van der Waals surface area contributed by atoms with E-state index in [1.807, 2.05) is 65.7 Å². The molecule has 0 aliphatic carbocycles. The van der Waals surface area contributed by atoms with Crippen molar-refractivity contribution < 1.29 is 48.3 Å². The molecule has 3 rings (SSSR count). The molecule has 0 aromatic heterocycles. The molecule has 47 heavy (non-hydrogen) atoms. The molecule has 3 saturated heterocycles. The van der Waals surface area contributed by atoms with Crippen LogP contribution in [0.1, 0.15) is 60.8 Å². The molecule has 3 aliphatic rings. The summed E-state index contributed by atoms with van der Waals surface area (Å²) in [6.45, 7) is 11.9. The highest BCUT2D eigenvalue weighted by atomic mass is 32.2. The molecule has 4 N–H and O–H groups in total. The summed E-state index contributed by atoms with van der Waals surface area (Å²) in [5, 5.41) is 27.5. The fraction of sp³-hybridized carbons (Fsp3) is 0.906. The lowest BCUT2D eigenvalue weighted by Crippen LogP contribution is -2.61. The Labute approximate surface area is 283 Å². The fourth-order valence-corrected chi connectivity index (χ4v) is 7.89. The van der Waals surface area contributed by atoms with Crippen LogP contribution in [0, 0.1) is 11.8 Å². The van der Waals surface area contributed by atoms with Crippen molar-refractivity contribution in [3.05, 3.63) is 0 Å². The quantitative estimate of drug-likeness (QED) is 0.272. The van der Waals surface area contributed by atoms with Crippen LogP contribution >= 0.6 is 11.8 Å². The van der Waals surface area contributed by atoms with Crippen LogP contribution in [-0.2, 0) is 28.5 Å². The first-order valence-electron chi connectivity index (χ1n) is 16.5. The van der Waals surface area contributed by atoms with E-state index in [0.29, 0.717) is 44.1 Å². The maximum atomic E-state index is 13.8. The van der Waals surface area contributed by atoms with Crippen LogP contribution < -0.4 is 10.6 Å². The lowest BCUT2D eigenvalue weighted by Gasteiger charge is -2.47. The number of methoxy groups -OCH3 is 1. The van der Waals surface area contributed by atoms with E-state index in [1.54, 1.807) is 21.0 Å². The number of thioether (sulfide) groups is 1. The zero-order valence-electron chi connectivity index (χ0n) is 29.8. The third-order valence-corrected chi connectivity index (χ3v) is 10.8. The Morgan fingerprint density at radius 2 is 1.79 bits per heavy atom. The van der Waals surface area contributed by atoms with Gasteiger partial charge in [-0.2, -0.15) is 0 Å². The fourth-order valence-electron chi connectivity index (χ4n) is 7.25. The molecule has 1 amide bonds. The zero-order valence-corrected chi connectivity index (χ0v) is 30.7. The van der Waals surface area contributed by atoms with Crippen LogP contribution in [0.15, 0.2) is 0 Å². The number of rotatable bonds is 8. The van der Waals surface area contributed by atoms with Gasteiger partial charge in [-0.1, -0.05) is 20.8 Å².